The van der Waals surface area contributed by atoms with Crippen LogP contribution in [0.5, 0.6) is 0 Å². The van der Waals surface area contributed by atoms with Crippen LogP contribution in [-0.4, -0.2) is 11.9 Å². The number of carbonyl (C=O) groups excluding carboxylic acids is 2. The van der Waals surface area contributed by atoms with E-state index in [-0.39, 0.29) is 11.3 Å². The molecule has 5 heteroatoms. The standard InChI is InChI=1S/C15H13NO4/c17-14(18)11-8-4-5-9-12(11)16-13(15(19)20)10-6-2-1-3-7-10/h1-9,13,16H,(H,17,18)(H,19,20)/p-2/t13-/m0/s1. The number of hydrogen-bond acceptors (Lipinski definition) is 5. The highest BCUT2D eigenvalue weighted by Crippen LogP contribution is 2.22. The average molecular weight is 269 g/mol. The van der Waals surface area contributed by atoms with E-state index in [0.717, 1.165) is 0 Å². The van der Waals surface area contributed by atoms with Crippen molar-refractivity contribution in [2.75, 3.05) is 5.32 Å². The van der Waals surface area contributed by atoms with E-state index >= 15 is 0 Å². The van der Waals surface area contributed by atoms with Gasteiger partial charge in [-0.1, -0.05) is 48.5 Å². The maximum absolute atomic E-state index is 11.2. The van der Waals surface area contributed by atoms with Crippen LogP contribution in [0.1, 0.15) is 22.0 Å². The Hall–Kier alpha value is -2.82. The fourth-order valence-corrected chi connectivity index (χ4v) is 1.87. The smallest absolute Gasteiger partial charge is 0.0913 e. The minimum Gasteiger partial charge on any atom is -0.548 e. The van der Waals surface area contributed by atoms with Gasteiger partial charge in [-0.2, -0.15) is 0 Å². The molecule has 0 aromatic heterocycles. The van der Waals surface area contributed by atoms with Gasteiger partial charge in [0.05, 0.1) is 18.0 Å². The highest BCUT2D eigenvalue weighted by Gasteiger charge is 2.14. The first-order valence-electron chi connectivity index (χ1n) is 5.92. The van der Waals surface area contributed by atoms with Crippen LogP contribution in [-0.2, 0) is 4.79 Å². The fraction of sp³-hybridized carbons (Fsp3) is 0.0667. The molecular formula is C15H11NO4-2. The van der Waals surface area contributed by atoms with Gasteiger partial charge in [-0.25, -0.2) is 0 Å². The lowest BCUT2D eigenvalue weighted by Crippen LogP contribution is -2.35. The molecule has 20 heavy (non-hydrogen) atoms. The maximum Gasteiger partial charge on any atom is 0.0913 e. The van der Waals surface area contributed by atoms with Gasteiger partial charge < -0.3 is 25.1 Å². The molecule has 5 nitrogen and oxygen atoms in total. The third-order valence-corrected chi connectivity index (χ3v) is 2.82. The lowest BCUT2D eigenvalue weighted by atomic mass is 10.1. The molecule has 0 heterocycles. The van der Waals surface area contributed by atoms with Crippen LogP contribution in [0.4, 0.5) is 5.69 Å². The number of hydrogen-bond donors (Lipinski definition) is 1. The zero-order chi connectivity index (χ0) is 14.5. The second-order valence-corrected chi connectivity index (χ2v) is 4.14. The van der Waals surface area contributed by atoms with Crippen molar-refractivity contribution in [2.24, 2.45) is 0 Å². The number of carbonyl (C=O) groups is 2. The van der Waals surface area contributed by atoms with Crippen molar-refractivity contribution in [1.82, 2.24) is 0 Å². The monoisotopic (exact) mass is 269 g/mol. The number of para-hydroxylation sites is 1. The number of benzene rings is 2. The van der Waals surface area contributed by atoms with Gasteiger partial charge >= 0.3 is 0 Å². The number of carboxylic acids is 2. The molecule has 102 valence electrons. The average Bonchev–Trinajstić information content (AvgIpc) is 2.45. The number of nitrogens with one attached hydrogen (secondary N) is 1. The second kappa shape index (κ2) is 5.88. The molecule has 0 spiro atoms. The van der Waals surface area contributed by atoms with Crippen molar-refractivity contribution < 1.29 is 19.8 Å². The Morgan fingerprint density at radius 2 is 1.50 bits per heavy atom. The molecule has 0 aliphatic rings. The van der Waals surface area contributed by atoms with Gasteiger partial charge in [0.15, 0.2) is 0 Å². The van der Waals surface area contributed by atoms with E-state index < -0.39 is 18.0 Å². The van der Waals surface area contributed by atoms with Crippen molar-refractivity contribution in [3.63, 3.8) is 0 Å². The lowest BCUT2D eigenvalue weighted by molar-refractivity contribution is -0.307. The van der Waals surface area contributed by atoms with Crippen molar-refractivity contribution in [3.8, 4) is 0 Å². The number of rotatable bonds is 5. The predicted molar refractivity (Wildman–Crippen MR) is 68.6 cm³/mol. The molecular weight excluding hydrogens is 258 g/mol. The number of aliphatic carboxylic acids is 1. The van der Waals surface area contributed by atoms with E-state index in [0.29, 0.717) is 5.56 Å². The van der Waals surface area contributed by atoms with Gasteiger partial charge in [0.2, 0.25) is 0 Å². The van der Waals surface area contributed by atoms with E-state index in [4.69, 9.17) is 0 Å². The van der Waals surface area contributed by atoms with Gasteiger partial charge in [0, 0.05) is 11.3 Å². The molecule has 0 unspecified atom stereocenters. The molecule has 0 bridgehead atoms. The molecule has 0 radical (unpaired) electrons. The fourth-order valence-electron chi connectivity index (χ4n) is 1.87. The summed E-state index contributed by atoms with van der Waals surface area (Å²) in [7, 11) is 0. The van der Waals surface area contributed by atoms with Crippen LogP contribution in [0, 0.1) is 0 Å². The first kappa shape index (κ1) is 13.6. The summed E-state index contributed by atoms with van der Waals surface area (Å²) in [6, 6.07) is 13.2. The van der Waals surface area contributed by atoms with Crippen LogP contribution >= 0.6 is 0 Å². The third kappa shape index (κ3) is 2.95. The third-order valence-electron chi connectivity index (χ3n) is 2.82. The Balaban J connectivity index is 2.35. The van der Waals surface area contributed by atoms with Gasteiger partial charge in [-0.05, 0) is 11.6 Å². The topological polar surface area (TPSA) is 92.3 Å². The normalized spacial score (nSPS) is 11.6. The van der Waals surface area contributed by atoms with Crippen LogP contribution in [0.25, 0.3) is 0 Å². The molecule has 0 amide bonds. The number of anilines is 1. The van der Waals surface area contributed by atoms with Gasteiger partial charge in [0.1, 0.15) is 0 Å². The molecule has 0 fully saturated rings. The Morgan fingerprint density at radius 1 is 0.900 bits per heavy atom. The Labute approximate surface area is 115 Å². The molecule has 2 aromatic carbocycles. The molecule has 0 saturated heterocycles. The van der Waals surface area contributed by atoms with Gasteiger partial charge in [-0.3, -0.25) is 0 Å². The molecule has 1 atom stereocenters. The Bertz CT molecular complexity index is 625. The quantitative estimate of drug-likeness (QED) is 0.821. The summed E-state index contributed by atoms with van der Waals surface area (Å²) in [5.74, 6) is -2.72. The molecule has 0 aliphatic heterocycles. The second-order valence-electron chi connectivity index (χ2n) is 4.14. The zero-order valence-electron chi connectivity index (χ0n) is 10.4. The summed E-state index contributed by atoms with van der Waals surface area (Å²) < 4.78 is 0. The maximum atomic E-state index is 11.2. The van der Waals surface area contributed by atoms with Crippen molar-refractivity contribution in [1.29, 1.82) is 0 Å². The number of aromatic carboxylic acids is 1. The number of carboxylic acid groups (broad SMARTS) is 2. The van der Waals surface area contributed by atoms with Crippen molar-refractivity contribution in [2.45, 2.75) is 6.04 Å². The predicted octanol–water partition coefficient (Wildman–Crippen LogP) is -0.0468. The van der Waals surface area contributed by atoms with Crippen LogP contribution in [0.15, 0.2) is 54.6 Å². The van der Waals surface area contributed by atoms with E-state index in [9.17, 15) is 19.8 Å². The zero-order valence-corrected chi connectivity index (χ0v) is 10.4. The van der Waals surface area contributed by atoms with Gasteiger partial charge in [-0.15, -0.1) is 0 Å². The Kier molecular flexibility index (Phi) is 4.00. The molecule has 1 N–H and O–H groups in total. The summed E-state index contributed by atoms with van der Waals surface area (Å²) in [6.45, 7) is 0. The van der Waals surface area contributed by atoms with E-state index in [1.54, 1.807) is 36.4 Å². The highest BCUT2D eigenvalue weighted by atomic mass is 16.4. The molecule has 0 saturated carbocycles. The Morgan fingerprint density at radius 3 is 2.10 bits per heavy atom. The molecule has 0 aliphatic carbocycles. The van der Waals surface area contributed by atoms with Gasteiger partial charge in [0.25, 0.3) is 0 Å². The summed E-state index contributed by atoms with van der Waals surface area (Å²) in [6.07, 6.45) is 0. The van der Waals surface area contributed by atoms with E-state index in [1.807, 2.05) is 0 Å². The summed E-state index contributed by atoms with van der Waals surface area (Å²) in [4.78, 5) is 22.2. The van der Waals surface area contributed by atoms with Crippen molar-refractivity contribution in [3.05, 3.63) is 65.7 Å². The summed E-state index contributed by atoms with van der Waals surface area (Å²) in [5.41, 5.74) is 0.542. The van der Waals surface area contributed by atoms with E-state index in [2.05, 4.69) is 5.32 Å². The largest absolute Gasteiger partial charge is 0.548 e. The minimum atomic E-state index is -1.38. The summed E-state index contributed by atoms with van der Waals surface area (Å²) in [5, 5.41) is 24.9. The highest BCUT2D eigenvalue weighted by molar-refractivity contribution is 5.93. The van der Waals surface area contributed by atoms with Crippen LogP contribution < -0.4 is 15.5 Å². The van der Waals surface area contributed by atoms with Crippen molar-refractivity contribution >= 4 is 17.6 Å². The first-order valence-corrected chi connectivity index (χ1v) is 5.92. The lowest BCUT2D eigenvalue weighted by Gasteiger charge is -2.23. The first-order chi connectivity index (χ1) is 9.59. The van der Waals surface area contributed by atoms with E-state index in [1.165, 1.54) is 18.2 Å². The summed E-state index contributed by atoms with van der Waals surface area (Å²) >= 11 is 0. The van der Waals surface area contributed by atoms with Crippen LogP contribution in [0.2, 0.25) is 0 Å². The SMILES string of the molecule is O=C([O-])c1ccccc1N[C@H](C(=O)[O-])c1ccccc1. The molecule has 2 aromatic rings. The molecule has 2 rings (SSSR count). The minimum absolute atomic E-state index is 0.102. The van der Waals surface area contributed by atoms with Crippen LogP contribution in [0.3, 0.4) is 0 Å².